The van der Waals surface area contributed by atoms with E-state index in [-0.39, 0.29) is 5.92 Å². The second-order valence-electron chi connectivity index (χ2n) is 12.6. The quantitative estimate of drug-likeness (QED) is 0.229. The van der Waals surface area contributed by atoms with Crippen molar-refractivity contribution in [3.05, 3.63) is 0 Å². The molecule has 0 saturated heterocycles. The second-order valence-corrected chi connectivity index (χ2v) is 12.6. The normalized spacial score (nSPS) is 29.3. The highest BCUT2D eigenvalue weighted by atomic mass is 16.3. The Morgan fingerprint density at radius 2 is 1.55 bits per heavy atom. The molecule has 0 radical (unpaired) electrons. The molecule has 0 bridgehead atoms. The van der Waals surface area contributed by atoms with E-state index in [1.165, 1.54) is 32.1 Å². The van der Waals surface area contributed by atoms with Crippen molar-refractivity contribution >= 4 is 6.29 Å². The lowest BCUT2D eigenvalue weighted by atomic mass is 9.58. The van der Waals surface area contributed by atoms with E-state index in [0.717, 1.165) is 43.8 Å². The van der Waals surface area contributed by atoms with Crippen LogP contribution in [0.5, 0.6) is 0 Å². The van der Waals surface area contributed by atoms with Crippen LogP contribution in [0.1, 0.15) is 126 Å². The Balaban J connectivity index is 2.88. The molecule has 2 N–H and O–H groups in total. The monoisotopic (exact) mass is 466 g/mol. The predicted octanol–water partition coefficient (Wildman–Crippen LogP) is 7.67. The van der Waals surface area contributed by atoms with Crippen LogP contribution in [-0.2, 0) is 4.79 Å². The second kappa shape index (κ2) is 14.9. The van der Waals surface area contributed by atoms with Gasteiger partial charge in [0, 0.05) is 12.3 Å². The number of unbranched alkanes of at least 4 members (excludes halogenated alkanes) is 1. The highest BCUT2D eigenvalue weighted by Crippen LogP contribution is 2.48. The van der Waals surface area contributed by atoms with Crippen LogP contribution in [0.3, 0.4) is 0 Å². The summed E-state index contributed by atoms with van der Waals surface area (Å²) in [5.41, 5.74) is -1.15. The number of rotatable bonds is 16. The third-order valence-corrected chi connectivity index (χ3v) is 9.15. The summed E-state index contributed by atoms with van der Waals surface area (Å²) in [6, 6.07) is 0. The first-order valence-electron chi connectivity index (χ1n) is 14.3. The van der Waals surface area contributed by atoms with Gasteiger partial charge in [-0.05, 0) is 61.2 Å². The zero-order valence-electron chi connectivity index (χ0n) is 23.4. The van der Waals surface area contributed by atoms with Gasteiger partial charge in [0.25, 0.3) is 0 Å². The Morgan fingerprint density at radius 1 is 0.939 bits per heavy atom. The molecule has 3 unspecified atom stereocenters. The molecule has 0 spiro atoms. The van der Waals surface area contributed by atoms with Gasteiger partial charge in [0.15, 0.2) is 0 Å². The zero-order chi connectivity index (χ0) is 25.2. The number of carbonyl (C=O) groups excluding carboxylic acids is 1. The van der Waals surface area contributed by atoms with Gasteiger partial charge in [-0.2, -0.15) is 0 Å². The molecule has 196 valence electrons. The van der Waals surface area contributed by atoms with Gasteiger partial charge >= 0.3 is 0 Å². The molecular weight excluding hydrogens is 408 g/mol. The summed E-state index contributed by atoms with van der Waals surface area (Å²) in [4.78, 5) is 12.4. The van der Waals surface area contributed by atoms with E-state index < -0.39 is 17.6 Å². The summed E-state index contributed by atoms with van der Waals surface area (Å²) in [6.07, 6.45) is 12.1. The summed E-state index contributed by atoms with van der Waals surface area (Å²) in [6.45, 7) is 18.0. The number of hydrogen-bond donors (Lipinski definition) is 2. The molecule has 0 aromatic carbocycles. The molecule has 0 aliphatic heterocycles. The predicted molar refractivity (Wildman–Crippen MR) is 141 cm³/mol. The van der Waals surface area contributed by atoms with Gasteiger partial charge in [0.2, 0.25) is 0 Å². The van der Waals surface area contributed by atoms with Crippen LogP contribution >= 0.6 is 0 Å². The molecular formula is C30H58O3. The molecule has 1 rings (SSSR count). The first-order valence-corrected chi connectivity index (χ1v) is 14.3. The molecule has 1 fully saturated rings. The van der Waals surface area contributed by atoms with Gasteiger partial charge in [-0.3, -0.25) is 0 Å². The largest absolute Gasteiger partial charge is 0.393 e. The molecule has 3 nitrogen and oxygen atoms in total. The maximum Gasteiger partial charge on any atom is 0.126 e. The lowest BCUT2D eigenvalue weighted by molar-refractivity contribution is -0.134. The topological polar surface area (TPSA) is 57.5 Å². The van der Waals surface area contributed by atoms with Crippen LogP contribution in [-0.4, -0.2) is 28.2 Å². The van der Waals surface area contributed by atoms with Gasteiger partial charge < -0.3 is 15.0 Å². The molecule has 9 atom stereocenters. The SMILES string of the molecule is CCCC[C@H](O)C[C@@](C)(O)[C@H](C=O)C1C(C)CC[C@@H](C)C1CC[C@@H](C)[C@H](C)CCCC(C)C. The van der Waals surface area contributed by atoms with Crippen molar-refractivity contribution in [2.75, 3.05) is 0 Å². The third kappa shape index (κ3) is 10.0. The highest BCUT2D eigenvalue weighted by Gasteiger charge is 2.47. The van der Waals surface area contributed by atoms with Gasteiger partial charge in [-0.15, -0.1) is 0 Å². The number of carbonyl (C=O) groups is 1. The lowest BCUT2D eigenvalue weighted by Gasteiger charge is -2.48. The van der Waals surface area contributed by atoms with Crippen molar-refractivity contribution in [1.82, 2.24) is 0 Å². The lowest BCUT2D eigenvalue weighted by Crippen LogP contribution is -2.49. The van der Waals surface area contributed by atoms with Crippen LogP contribution < -0.4 is 0 Å². The standard InChI is InChI=1S/C30H58O3/c1-9-10-14-26(32)19-30(8,33)28(20-31)29-25(7)16-15-24(6)27(29)18-17-23(5)22(4)13-11-12-21(2)3/h20-29,32-33H,9-19H2,1-8H3/t22-,23-,24-,25?,26+,27?,28-,29?,30-/m1/s1. The molecule has 1 saturated carbocycles. The number of aldehydes is 1. The smallest absolute Gasteiger partial charge is 0.126 e. The van der Waals surface area contributed by atoms with E-state index in [2.05, 4.69) is 48.5 Å². The van der Waals surface area contributed by atoms with E-state index in [1.54, 1.807) is 6.92 Å². The van der Waals surface area contributed by atoms with Crippen LogP contribution in [0.15, 0.2) is 0 Å². The molecule has 0 heterocycles. The van der Waals surface area contributed by atoms with Gasteiger partial charge in [0.1, 0.15) is 6.29 Å². The van der Waals surface area contributed by atoms with Crippen molar-refractivity contribution in [3.63, 3.8) is 0 Å². The van der Waals surface area contributed by atoms with Crippen LogP contribution in [0.25, 0.3) is 0 Å². The first kappa shape index (κ1) is 30.6. The van der Waals surface area contributed by atoms with Crippen LogP contribution in [0.2, 0.25) is 0 Å². The minimum atomic E-state index is -1.15. The van der Waals surface area contributed by atoms with E-state index in [1.807, 2.05) is 0 Å². The summed E-state index contributed by atoms with van der Waals surface area (Å²) in [5, 5.41) is 21.9. The summed E-state index contributed by atoms with van der Waals surface area (Å²) in [7, 11) is 0. The minimum Gasteiger partial charge on any atom is -0.393 e. The Kier molecular flexibility index (Phi) is 13.8. The summed E-state index contributed by atoms with van der Waals surface area (Å²) >= 11 is 0. The molecule has 1 aliphatic carbocycles. The van der Waals surface area contributed by atoms with E-state index in [0.29, 0.717) is 36.5 Å². The first-order chi connectivity index (χ1) is 15.4. The van der Waals surface area contributed by atoms with Crippen molar-refractivity contribution in [2.45, 2.75) is 138 Å². The maximum absolute atomic E-state index is 12.4. The minimum absolute atomic E-state index is 0.197. The van der Waals surface area contributed by atoms with E-state index in [9.17, 15) is 15.0 Å². The maximum atomic E-state index is 12.4. The van der Waals surface area contributed by atoms with Crippen molar-refractivity contribution in [1.29, 1.82) is 0 Å². The van der Waals surface area contributed by atoms with Gasteiger partial charge in [0.05, 0.1) is 11.7 Å². The number of aliphatic hydroxyl groups is 2. The molecule has 33 heavy (non-hydrogen) atoms. The van der Waals surface area contributed by atoms with E-state index in [4.69, 9.17) is 0 Å². The summed E-state index contributed by atoms with van der Waals surface area (Å²) in [5.74, 6) is 3.47. The molecule has 3 heteroatoms. The molecule has 0 amide bonds. The Bertz CT molecular complexity index is 529. The molecule has 0 aromatic rings. The Morgan fingerprint density at radius 3 is 2.12 bits per heavy atom. The van der Waals surface area contributed by atoms with Crippen molar-refractivity contribution < 1.29 is 15.0 Å². The van der Waals surface area contributed by atoms with Crippen LogP contribution in [0.4, 0.5) is 0 Å². The van der Waals surface area contributed by atoms with Gasteiger partial charge in [-0.1, -0.05) is 99.8 Å². The van der Waals surface area contributed by atoms with Gasteiger partial charge in [-0.25, -0.2) is 0 Å². The fourth-order valence-corrected chi connectivity index (χ4v) is 6.51. The van der Waals surface area contributed by atoms with E-state index >= 15 is 0 Å². The number of hydrogen-bond acceptors (Lipinski definition) is 3. The van der Waals surface area contributed by atoms with Crippen molar-refractivity contribution in [3.8, 4) is 0 Å². The zero-order valence-corrected chi connectivity index (χ0v) is 23.4. The fourth-order valence-electron chi connectivity index (χ4n) is 6.51. The Hall–Kier alpha value is -0.410. The van der Waals surface area contributed by atoms with Crippen molar-refractivity contribution in [2.24, 2.45) is 47.3 Å². The fraction of sp³-hybridized carbons (Fsp3) is 0.967. The van der Waals surface area contributed by atoms with Crippen LogP contribution in [0, 0.1) is 47.3 Å². The number of aliphatic hydroxyl groups excluding tert-OH is 1. The highest BCUT2D eigenvalue weighted by molar-refractivity contribution is 5.56. The summed E-state index contributed by atoms with van der Waals surface area (Å²) < 4.78 is 0. The molecule has 0 aromatic heterocycles. The average molecular weight is 467 g/mol. The third-order valence-electron chi connectivity index (χ3n) is 9.15. The average Bonchev–Trinajstić information content (AvgIpc) is 2.73. The molecule has 1 aliphatic rings. The Labute approximate surface area is 206 Å².